The van der Waals surface area contributed by atoms with Gasteiger partial charge in [0.1, 0.15) is 11.8 Å². The summed E-state index contributed by atoms with van der Waals surface area (Å²) in [5.41, 5.74) is 0.528. The molecule has 1 heterocycles. The van der Waals surface area contributed by atoms with Gasteiger partial charge in [-0.3, -0.25) is 4.79 Å². The Morgan fingerprint density at radius 3 is 3.00 bits per heavy atom. The van der Waals surface area contributed by atoms with Crippen LogP contribution in [0.3, 0.4) is 0 Å². The minimum absolute atomic E-state index is 0.0715. The fourth-order valence-corrected chi connectivity index (χ4v) is 1.68. The minimum atomic E-state index is 0.0715. The third-order valence-corrected chi connectivity index (χ3v) is 2.54. The first-order chi connectivity index (χ1) is 7.79. The van der Waals surface area contributed by atoms with Crippen LogP contribution in [-0.4, -0.2) is 19.1 Å². The van der Waals surface area contributed by atoms with Crippen molar-refractivity contribution in [3.8, 4) is 11.8 Å². The van der Waals surface area contributed by atoms with E-state index >= 15 is 0 Å². The minimum Gasteiger partial charge on any atom is -0.492 e. The van der Waals surface area contributed by atoms with Crippen molar-refractivity contribution in [2.24, 2.45) is 5.92 Å². The van der Waals surface area contributed by atoms with E-state index in [4.69, 9.17) is 10.00 Å². The van der Waals surface area contributed by atoms with Crippen LogP contribution in [0.2, 0.25) is 0 Å². The molecule has 1 saturated heterocycles. The number of ether oxygens (including phenoxy) is 1. The number of hydrogen-bond acceptors (Lipinski definition) is 3. The van der Waals surface area contributed by atoms with Crippen LogP contribution >= 0.6 is 0 Å². The highest BCUT2D eigenvalue weighted by atomic mass is 16.5. The molecule has 0 aliphatic carbocycles. The zero-order valence-corrected chi connectivity index (χ0v) is 8.77. The average Bonchev–Trinajstić information content (AvgIpc) is 2.73. The first-order valence-electron chi connectivity index (χ1n) is 5.18. The summed E-state index contributed by atoms with van der Waals surface area (Å²) >= 11 is 0. The van der Waals surface area contributed by atoms with Crippen molar-refractivity contribution in [2.45, 2.75) is 6.42 Å². The van der Waals surface area contributed by atoms with Crippen molar-refractivity contribution >= 4 is 5.91 Å². The summed E-state index contributed by atoms with van der Waals surface area (Å²) in [6, 6.07) is 9.18. The molecule has 1 amide bonds. The average molecular weight is 216 g/mol. The Balaban J connectivity index is 1.95. The summed E-state index contributed by atoms with van der Waals surface area (Å²) in [5, 5.41) is 11.6. The van der Waals surface area contributed by atoms with E-state index in [1.165, 1.54) is 0 Å². The topological polar surface area (TPSA) is 62.1 Å². The molecule has 0 aromatic heterocycles. The van der Waals surface area contributed by atoms with Crippen LogP contribution < -0.4 is 10.1 Å². The van der Waals surface area contributed by atoms with Crippen molar-refractivity contribution < 1.29 is 9.53 Å². The van der Waals surface area contributed by atoms with Gasteiger partial charge in [0, 0.05) is 18.9 Å². The molecule has 0 saturated carbocycles. The Kier molecular flexibility index (Phi) is 3.06. The quantitative estimate of drug-likeness (QED) is 0.822. The number of amides is 1. The predicted octanol–water partition coefficient (Wildman–Crippen LogP) is 1.07. The summed E-state index contributed by atoms with van der Waals surface area (Å²) in [6.45, 7) is 1.13. The van der Waals surface area contributed by atoms with E-state index in [1.807, 2.05) is 6.07 Å². The fourth-order valence-electron chi connectivity index (χ4n) is 1.68. The highest BCUT2D eigenvalue weighted by molar-refractivity contribution is 5.78. The second kappa shape index (κ2) is 4.67. The first kappa shape index (κ1) is 10.5. The van der Waals surface area contributed by atoms with Gasteiger partial charge < -0.3 is 10.1 Å². The lowest BCUT2D eigenvalue weighted by Crippen LogP contribution is -2.16. The van der Waals surface area contributed by atoms with E-state index in [9.17, 15) is 4.79 Å². The molecule has 4 heteroatoms. The van der Waals surface area contributed by atoms with E-state index < -0.39 is 0 Å². The van der Waals surface area contributed by atoms with Crippen molar-refractivity contribution in [3.63, 3.8) is 0 Å². The standard InChI is InChI=1S/C12H12N2O2/c13-6-10-3-1-2-4-11(10)16-8-9-5-12(15)14-7-9/h1-4,9H,5,7-8H2,(H,14,15). The highest BCUT2D eigenvalue weighted by Crippen LogP contribution is 2.18. The molecule has 0 radical (unpaired) electrons. The van der Waals surface area contributed by atoms with Gasteiger partial charge in [-0.1, -0.05) is 12.1 Å². The van der Waals surface area contributed by atoms with E-state index in [0.717, 1.165) is 0 Å². The molecule has 82 valence electrons. The zero-order valence-electron chi connectivity index (χ0n) is 8.77. The van der Waals surface area contributed by atoms with Crippen LogP contribution in [0.5, 0.6) is 5.75 Å². The zero-order chi connectivity index (χ0) is 11.4. The van der Waals surface area contributed by atoms with Crippen LogP contribution in [-0.2, 0) is 4.79 Å². The molecule has 1 aliphatic heterocycles. The molecule has 1 aliphatic rings. The van der Waals surface area contributed by atoms with Gasteiger partial charge in [0.2, 0.25) is 5.91 Å². The number of hydrogen-bond donors (Lipinski definition) is 1. The number of benzene rings is 1. The van der Waals surface area contributed by atoms with Gasteiger partial charge in [0.05, 0.1) is 12.2 Å². The lowest BCUT2D eigenvalue weighted by atomic mass is 10.1. The van der Waals surface area contributed by atoms with Crippen LogP contribution in [0, 0.1) is 17.2 Å². The van der Waals surface area contributed by atoms with Crippen LogP contribution in [0.1, 0.15) is 12.0 Å². The van der Waals surface area contributed by atoms with E-state index in [2.05, 4.69) is 11.4 Å². The Bertz CT molecular complexity index is 437. The molecule has 2 rings (SSSR count). The Morgan fingerprint density at radius 2 is 2.31 bits per heavy atom. The molecule has 1 N–H and O–H groups in total. The lowest BCUT2D eigenvalue weighted by Gasteiger charge is -2.10. The number of nitrogens with one attached hydrogen (secondary N) is 1. The van der Waals surface area contributed by atoms with E-state index in [0.29, 0.717) is 30.9 Å². The summed E-state index contributed by atoms with van der Waals surface area (Å²) in [7, 11) is 0. The van der Waals surface area contributed by atoms with Gasteiger partial charge in [-0.15, -0.1) is 0 Å². The Morgan fingerprint density at radius 1 is 1.50 bits per heavy atom. The van der Waals surface area contributed by atoms with Gasteiger partial charge in [-0.25, -0.2) is 0 Å². The van der Waals surface area contributed by atoms with E-state index in [1.54, 1.807) is 18.2 Å². The molecule has 16 heavy (non-hydrogen) atoms. The maximum atomic E-state index is 11.0. The predicted molar refractivity (Wildman–Crippen MR) is 57.8 cm³/mol. The SMILES string of the molecule is N#Cc1ccccc1OCC1CNC(=O)C1. The largest absolute Gasteiger partial charge is 0.492 e. The number of carbonyl (C=O) groups excluding carboxylic acids is 1. The fraction of sp³-hybridized carbons (Fsp3) is 0.333. The molecular weight excluding hydrogens is 204 g/mol. The summed E-state index contributed by atoms with van der Waals surface area (Å²) in [5.74, 6) is 0.866. The van der Waals surface area contributed by atoms with Crippen molar-refractivity contribution in [3.05, 3.63) is 29.8 Å². The smallest absolute Gasteiger partial charge is 0.220 e. The first-order valence-corrected chi connectivity index (χ1v) is 5.18. The summed E-state index contributed by atoms with van der Waals surface area (Å²) < 4.78 is 5.55. The van der Waals surface area contributed by atoms with Gasteiger partial charge in [0.25, 0.3) is 0 Å². The molecule has 1 fully saturated rings. The second-order valence-corrected chi connectivity index (χ2v) is 3.79. The second-order valence-electron chi connectivity index (χ2n) is 3.79. The Hall–Kier alpha value is -2.02. The van der Waals surface area contributed by atoms with Crippen LogP contribution in [0.25, 0.3) is 0 Å². The molecule has 4 nitrogen and oxygen atoms in total. The maximum Gasteiger partial charge on any atom is 0.220 e. The van der Waals surface area contributed by atoms with E-state index in [-0.39, 0.29) is 11.8 Å². The number of nitrogens with zero attached hydrogens (tertiary/aromatic N) is 1. The van der Waals surface area contributed by atoms with Crippen LogP contribution in [0.15, 0.2) is 24.3 Å². The highest BCUT2D eigenvalue weighted by Gasteiger charge is 2.22. The molecule has 0 spiro atoms. The molecule has 1 unspecified atom stereocenters. The summed E-state index contributed by atoms with van der Waals surface area (Å²) in [6.07, 6.45) is 0.509. The van der Waals surface area contributed by atoms with Gasteiger partial charge in [-0.05, 0) is 12.1 Å². The lowest BCUT2D eigenvalue weighted by molar-refractivity contribution is -0.119. The molecule has 0 bridgehead atoms. The van der Waals surface area contributed by atoms with Gasteiger partial charge in [-0.2, -0.15) is 5.26 Å². The van der Waals surface area contributed by atoms with Crippen molar-refractivity contribution in [2.75, 3.05) is 13.2 Å². The molecule has 1 aromatic carbocycles. The monoisotopic (exact) mass is 216 g/mol. The number of para-hydroxylation sites is 1. The number of nitriles is 1. The maximum absolute atomic E-state index is 11.0. The molecule has 1 atom stereocenters. The van der Waals surface area contributed by atoms with Crippen molar-refractivity contribution in [1.82, 2.24) is 5.32 Å². The number of rotatable bonds is 3. The third kappa shape index (κ3) is 2.31. The number of carbonyl (C=O) groups is 1. The summed E-state index contributed by atoms with van der Waals surface area (Å²) in [4.78, 5) is 11.0. The third-order valence-electron chi connectivity index (χ3n) is 2.54. The molecular formula is C12H12N2O2. The van der Waals surface area contributed by atoms with Gasteiger partial charge in [0.15, 0.2) is 0 Å². The van der Waals surface area contributed by atoms with Gasteiger partial charge >= 0.3 is 0 Å². The Labute approximate surface area is 93.8 Å². The van der Waals surface area contributed by atoms with Crippen LogP contribution in [0.4, 0.5) is 0 Å². The molecule has 1 aromatic rings. The normalized spacial score (nSPS) is 18.9. The van der Waals surface area contributed by atoms with Crippen molar-refractivity contribution in [1.29, 1.82) is 5.26 Å².